The molecule has 94 valence electrons. The Hall–Kier alpha value is -0.120. The molecule has 1 nitrogen and oxygen atoms in total. The molecule has 0 bridgehead atoms. The molecule has 2 rings (SSSR count). The van der Waals surface area contributed by atoms with Gasteiger partial charge < -0.3 is 5.32 Å². The van der Waals surface area contributed by atoms with Gasteiger partial charge in [-0.3, -0.25) is 0 Å². The zero-order chi connectivity index (χ0) is 12.4. The normalized spacial score (nSPS) is 16.9. The van der Waals surface area contributed by atoms with Gasteiger partial charge >= 0.3 is 0 Å². The van der Waals surface area contributed by atoms with E-state index in [9.17, 15) is 0 Å². The summed E-state index contributed by atoms with van der Waals surface area (Å²) in [7, 11) is 0. The lowest BCUT2D eigenvalue weighted by Gasteiger charge is -2.12. The van der Waals surface area contributed by atoms with E-state index in [1.54, 1.807) is 0 Å². The highest BCUT2D eigenvalue weighted by molar-refractivity contribution is 9.10. The molecule has 0 atom stereocenters. The van der Waals surface area contributed by atoms with Crippen LogP contribution >= 0.6 is 27.3 Å². The third-order valence-electron chi connectivity index (χ3n) is 3.12. The van der Waals surface area contributed by atoms with Crippen LogP contribution in [0.4, 0.5) is 0 Å². The Bertz CT molecular complexity index is 396. The Balaban J connectivity index is 2.07. The largest absolute Gasteiger partial charge is 0.310 e. The lowest BCUT2D eigenvalue weighted by molar-refractivity contribution is 0.663. The van der Waals surface area contributed by atoms with Gasteiger partial charge in [-0.25, -0.2) is 0 Å². The molecule has 1 aromatic rings. The molecule has 1 N–H and O–H groups in total. The van der Waals surface area contributed by atoms with E-state index in [1.165, 1.54) is 32.6 Å². The van der Waals surface area contributed by atoms with Gasteiger partial charge in [0.2, 0.25) is 0 Å². The lowest BCUT2D eigenvalue weighted by Crippen LogP contribution is -2.21. The van der Waals surface area contributed by atoms with Gasteiger partial charge in [0.1, 0.15) is 0 Å². The van der Waals surface area contributed by atoms with Crippen molar-refractivity contribution in [3.05, 3.63) is 25.9 Å². The zero-order valence-corrected chi connectivity index (χ0v) is 13.1. The first kappa shape index (κ1) is 13.3. The third kappa shape index (κ3) is 3.94. The van der Waals surface area contributed by atoms with E-state index in [4.69, 9.17) is 0 Å². The highest BCUT2D eigenvalue weighted by atomic mass is 79.9. The summed E-state index contributed by atoms with van der Waals surface area (Å²) in [4.78, 5) is 2.71. The molecular weight excluding hydrogens is 294 g/mol. The molecule has 1 aliphatic rings. The summed E-state index contributed by atoms with van der Waals surface area (Å²) in [6.45, 7) is 7.74. The van der Waals surface area contributed by atoms with Crippen LogP contribution < -0.4 is 5.32 Å². The number of halogens is 1. The first-order chi connectivity index (χ1) is 8.06. The average molecular weight is 314 g/mol. The predicted octanol–water partition coefficient (Wildman–Crippen LogP) is 4.61. The van der Waals surface area contributed by atoms with Crippen LogP contribution in [0.25, 0.3) is 6.08 Å². The minimum Gasteiger partial charge on any atom is -0.310 e. The standard InChI is InChI=1S/C14H20BrNS/c1-9(2)11(8-16-12-4-5-12)6-13-7-14(15)10(3)17-13/h6-7,9,12,16H,4-5,8H2,1-3H3. The van der Waals surface area contributed by atoms with Crippen molar-refractivity contribution in [3.8, 4) is 0 Å². The molecule has 17 heavy (non-hydrogen) atoms. The Labute approximate surface area is 116 Å². The molecule has 0 spiro atoms. The number of nitrogens with one attached hydrogen (secondary N) is 1. The van der Waals surface area contributed by atoms with E-state index in [0.717, 1.165) is 12.6 Å². The number of rotatable bonds is 5. The van der Waals surface area contributed by atoms with E-state index in [-0.39, 0.29) is 0 Å². The summed E-state index contributed by atoms with van der Waals surface area (Å²) in [5, 5.41) is 3.60. The van der Waals surface area contributed by atoms with Gasteiger partial charge in [-0.15, -0.1) is 11.3 Å². The van der Waals surface area contributed by atoms with Crippen LogP contribution in [0.5, 0.6) is 0 Å². The summed E-state index contributed by atoms with van der Waals surface area (Å²) >= 11 is 5.44. The van der Waals surface area contributed by atoms with Crippen molar-refractivity contribution in [1.29, 1.82) is 0 Å². The van der Waals surface area contributed by atoms with E-state index < -0.39 is 0 Å². The van der Waals surface area contributed by atoms with Crippen LogP contribution in [-0.4, -0.2) is 12.6 Å². The zero-order valence-electron chi connectivity index (χ0n) is 10.7. The second-order valence-corrected chi connectivity index (χ2v) is 7.22. The van der Waals surface area contributed by atoms with Gasteiger partial charge in [-0.2, -0.15) is 0 Å². The molecule has 1 aromatic heterocycles. The fraction of sp³-hybridized carbons (Fsp3) is 0.571. The number of thiophene rings is 1. The fourth-order valence-electron chi connectivity index (χ4n) is 1.71. The molecule has 1 heterocycles. The van der Waals surface area contributed by atoms with E-state index >= 15 is 0 Å². The van der Waals surface area contributed by atoms with E-state index in [1.807, 2.05) is 11.3 Å². The molecular formula is C14H20BrNS. The topological polar surface area (TPSA) is 12.0 Å². The Morgan fingerprint density at radius 3 is 2.76 bits per heavy atom. The molecule has 0 saturated heterocycles. The summed E-state index contributed by atoms with van der Waals surface area (Å²) in [5.41, 5.74) is 1.51. The molecule has 1 saturated carbocycles. The molecule has 1 fully saturated rings. The van der Waals surface area contributed by atoms with Crippen molar-refractivity contribution in [2.24, 2.45) is 5.92 Å². The monoisotopic (exact) mass is 313 g/mol. The van der Waals surface area contributed by atoms with Crippen molar-refractivity contribution in [3.63, 3.8) is 0 Å². The van der Waals surface area contributed by atoms with Gasteiger partial charge in [-0.1, -0.05) is 19.4 Å². The number of aryl methyl sites for hydroxylation is 1. The Kier molecular flexibility index (Phi) is 4.45. The predicted molar refractivity (Wildman–Crippen MR) is 80.6 cm³/mol. The van der Waals surface area contributed by atoms with Crippen molar-refractivity contribution < 1.29 is 0 Å². The van der Waals surface area contributed by atoms with Gasteiger partial charge in [0, 0.05) is 26.8 Å². The second-order valence-electron chi connectivity index (χ2n) is 5.08. The molecule has 0 aromatic carbocycles. The molecule has 1 aliphatic carbocycles. The molecule has 0 aliphatic heterocycles. The van der Waals surface area contributed by atoms with Crippen LogP contribution in [0.2, 0.25) is 0 Å². The van der Waals surface area contributed by atoms with Crippen molar-refractivity contribution >= 4 is 33.3 Å². The van der Waals surface area contributed by atoms with E-state index in [0.29, 0.717) is 5.92 Å². The number of hydrogen-bond acceptors (Lipinski definition) is 2. The van der Waals surface area contributed by atoms with E-state index in [2.05, 4.69) is 54.2 Å². The summed E-state index contributed by atoms with van der Waals surface area (Å²) in [5.74, 6) is 0.613. The first-order valence-corrected chi connectivity index (χ1v) is 7.87. The molecule has 3 heteroatoms. The summed E-state index contributed by atoms with van der Waals surface area (Å²) in [6.07, 6.45) is 5.06. The third-order valence-corrected chi connectivity index (χ3v) is 5.20. The van der Waals surface area contributed by atoms with Crippen LogP contribution in [0.3, 0.4) is 0 Å². The van der Waals surface area contributed by atoms with Crippen LogP contribution in [-0.2, 0) is 0 Å². The Morgan fingerprint density at radius 1 is 1.59 bits per heavy atom. The maximum absolute atomic E-state index is 3.60. The van der Waals surface area contributed by atoms with Gasteiger partial charge in [0.15, 0.2) is 0 Å². The maximum Gasteiger partial charge on any atom is 0.0317 e. The fourth-order valence-corrected chi connectivity index (χ4v) is 3.24. The van der Waals surface area contributed by atoms with Gasteiger partial charge in [0.25, 0.3) is 0 Å². The Morgan fingerprint density at radius 2 is 2.29 bits per heavy atom. The molecule has 0 unspecified atom stereocenters. The summed E-state index contributed by atoms with van der Waals surface area (Å²) in [6, 6.07) is 3.01. The van der Waals surface area contributed by atoms with Crippen LogP contribution in [0.15, 0.2) is 16.1 Å². The van der Waals surface area contributed by atoms with Crippen molar-refractivity contribution in [1.82, 2.24) is 5.32 Å². The minimum absolute atomic E-state index is 0.613. The van der Waals surface area contributed by atoms with Gasteiger partial charge in [-0.05, 0) is 53.8 Å². The highest BCUT2D eigenvalue weighted by Gasteiger charge is 2.20. The molecule has 0 radical (unpaired) electrons. The molecule has 0 amide bonds. The maximum atomic E-state index is 3.60. The van der Waals surface area contributed by atoms with Gasteiger partial charge in [0.05, 0.1) is 0 Å². The summed E-state index contributed by atoms with van der Waals surface area (Å²) < 4.78 is 1.23. The van der Waals surface area contributed by atoms with Crippen molar-refractivity contribution in [2.45, 2.75) is 39.7 Å². The second kappa shape index (κ2) is 5.68. The SMILES string of the molecule is Cc1sc(C=C(CNC2CC2)C(C)C)cc1Br. The first-order valence-electron chi connectivity index (χ1n) is 6.26. The average Bonchev–Trinajstić information content (AvgIpc) is 3.01. The smallest absolute Gasteiger partial charge is 0.0317 e. The van der Waals surface area contributed by atoms with Crippen molar-refractivity contribution in [2.75, 3.05) is 6.54 Å². The van der Waals surface area contributed by atoms with Crippen LogP contribution in [0, 0.1) is 12.8 Å². The lowest BCUT2D eigenvalue weighted by atomic mass is 10.0. The van der Waals surface area contributed by atoms with Crippen LogP contribution in [0.1, 0.15) is 36.4 Å². The quantitative estimate of drug-likeness (QED) is 0.837. The highest BCUT2D eigenvalue weighted by Crippen LogP contribution is 2.29. The minimum atomic E-state index is 0.613. The number of hydrogen-bond donors (Lipinski definition) is 1.